The Bertz CT molecular complexity index is 1430. The predicted octanol–water partition coefficient (Wildman–Crippen LogP) is 4.89. The number of aromatic nitrogens is 1. The summed E-state index contributed by atoms with van der Waals surface area (Å²) in [6.45, 7) is 5.23. The second kappa shape index (κ2) is 9.84. The Balaban J connectivity index is 1.40. The first-order chi connectivity index (χ1) is 17.0. The molecule has 0 saturated carbocycles. The van der Waals surface area contributed by atoms with Crippen LogP contribution in [0.15, 0.2) is 58.7 Å². The zero-order chi connectivity index (χ0) is 24.4. The highest BCUT2D eigenvalue weighted by Gasteiger charge is 2.19. The summed E-state index contributed by atoms with van der Waals surface area (Å²) in [6, 6.07) is 15.5. The van der Waals surface area contributed by atoms with E-state index in [4.69, 9.17) is 9.47 Å². The van der Waals surface area contributed by atoms with E-state index in [2.05, 4.69) is 16.4 Å². The molecule has 0 atom stereocenters. The number of hydrogen-bond acceptors (Lipinski definition) is 5. The van der Waals surface area contributed by atoms with E-state index in [0.29, 0.717) is 30.2 Å². The third kappa shape index (κ3) is 5.17. The zero-order valence-electron chi connectivity index (χ0n) is 19.7. The summed E-state index contributed by atoms with van der Waals surface area (Å²) in [6.07, 6.45) is 0.760. The lowest BCUT2D eigenvalue weighted by molar-refractivity contribution is 0.173. The number of nitrogens with zero attached hydrogens (tertiary/aromatic N) is 1. The molecule has 180 valence electrons. The van der Waals surface area contributed by atoms with E-state index in [9.17, 15) is 9.59 Å². The fourth-order valence-electron chi connectivity index (χ4n) is 4.37. The first-order valence-electron chi connectivity index (χ1n) is 11.5. The van der Waals surface area contributed by atoms with Crippen molar-refractivity contribution in [3.05, 3.63) is 91.4 Å². The number of H-pyrrole nitrogens is 1. The zero-order valence-corrected chi connectivity index (χ0v) is 20.5. The number of urea groups is 1. The van der Waals surface area contributed by atoms with Crippen LogP contribution in [0.3, 0.4) is 0 Å². The maximum atomic E-state index is 13.2. The second-order valence-electron chi connectivity index (χ2n) is 8.77. The number of aromatic amines is 1. The van der Waals surface area contributed by atoms with Crippen molar-refractivity contribution < 1.29 is 14.3 Å². The summed E-state index contributed by atoms with van der Waals surface area (Å²) in [4.78, 5) is 32.1. The van der Waals surface area contributed by atoms with Gasteiger partial charge in [-0.3, -0.25) is 4.79 Å². The molecule has 0 saturated heterocycles. The SMILES string of the molecule is Cc1cc(C)c2[nH]c(=O)c(CN(Cc3ccc4c(c3)OCO4)C(=O)NCCc3cccs3)cc2c1. The Morgan fingerprint density at radius 3 is 2.77 bits per heavy atom. The van der Waals surface area contributed by atoms with Crippen molar-refractivity contribution in [1.82, 2.24) is 15.2 Å². The molecule has 0 fully saturated rings. The van der Waals surface area contributed by atoms with Gasteiger partial charge < -0.3 is 24.7 Å². The molecule has 0 spiro atoms. The lowest BCUT2D eigenvalue weighted by Gasteiger charge is -2.23. The van der Waals surface area contributed by atoms with Crippen LogP contribution in [0.5, 0.6) is 11.5 Å². The first-order valence-corrected chi connectivity index (χ1v) is 12.4. The van der Waals surface area contributed by atoms with Gasteiger partial charge in [0.2, 0.25) is 6.79 Å². The highest BCUT2D eigenvalue weighted by Crippen LogP contribution is 2.33. The molecule has 1 aliphatic rings. The second-order valence-corrected chi connectivity index (χ2v) is 9.81. The first kappa shape index (κ1) is 23.0. The summed E-state index contributed by atoms with van der Waals surface area (Å²) < 4.78 is 10.9. The fourth-order valence-corrected chi connectivity index (χ4v) is 5.08. The van der Waals surface area contributed by atoms with Crippen molar-refractivity contribution in [2.75, 3.05) is 13.3 Å². The smallest absolute Gasteiger partial charge is 0.318 e. The maximum Gasteiger partial charge on any atom is 0.318 e. The number of benzene rings is 2. The summed E-state index contributed by atoms with van der Waals surface area (Å²) in [5.41, 5.74) is 4.21. The largest absolute Gasteiger partial charge is 0.454 e. The molecule has 2 amide bonds. The number of hydrogen-bond donors (Lipinski definition) is 2. The average Bonchev–Trinajstić information content (AvgIpc) is 3.51. The Labute approximate surface area is 207 Å². The van der Waals surface area contributed by atoms with Crippen molar-refractivity contribution in [3.8, 4) is 11.5 Å². The molecule has 2 aromatic carbocycles. The third-order valence-electron chi connectivity index (χ3n) is 6.06. The molecule has 5 rings (SSSR count). The van der Waals surface area contributed by atoms with Gasteiger partial charge in [-0.15, -0.1) is 11.3 Å². The normalized spacial score (nSPS) is 12.2. The van der Waals surface area contributed by atoms with E-state index < -0.39 is 0 Å². The molecule has 3 heterocycles. The van der Waals surface area contributed by atoms with Crippen molar-refractivity contribution in [2.24, 2.45) is 0 Å². The van der Waals surface area contributed by atoms with Crippen LogP contribution in [0.2, 0.25) is 0 Å². The monoisotopic (exact) mass is 489 g/mol. The van der Waals surface area contributed by atoms with Crippen LogP contribution < -0.4 is 20.3 Å². The van der Waals surface area contributed by atoms with Crippen molar-refractivity contribution in [3.63, 3.8) is 0 Å². The number of carbonyl (C=O) groups excluding carboxylic acids is 1. The molecule has 2 N–H and O–H groups in total. The Morgan fingerprint density at radius 2 is 1.94 bits per heavy atom. The summed E-state index contributed by atoms with van der Waals surface area (Å²) in [7, 11) is 0. The summed E-state index contributed by atoms with van der Waals surface area (Å²) >= 11 is 1.67. The van der Waals surface area contributed by atoms with Crippen LogP contribution in [0, 0.1) is 13.8 Å². The average molecular weight is 490 g/mol. The van der Waals surface area contributed by atoms with Crippen molar-refractivity contribution >= 4 is 28.3 Å². The fraction of sp³-hybridized carbons (Fsp3) is 0.259. The topological polar surface area (TPSA) is 83.7 Å². The van der Waals surface area contributed by atoms with E-state index in [0.717, 1.165) is 34.0 Å². The highest BCUT2D eigenvalue weighted by molar-refractivity contribution is 7.09. The molecule has 0 bridgehead atoms. The number of thiophene rings is 1. The molecule has 4 aromatic rings. The Kier molecular flexibility index (Phi) is 6.46. The van der Waals surface area contributed by atoms with Crippen LogP contribution in [-0.2, 0) is 19.5 Å². The molecular weight excluding hydrogens is 462 g/mol. The van der Waals surface area contributed by atoms with Crippen LogP contribution >= 0.6 is 11.3 Å². The minimum atomic E-state index is -0.223. The third-order valence-corrected chi connectivity index (χ3v) is 6.99. The maximum absolute atomic E-state index is 13.2. The van der Waals surface area contributed by atoms with Gasteiger partial charge in [0.05, 0.1) is 12.1 Å². The van der Waals surface area contributed by atoms with Gasteiger partial charge in [0.25, 0.3) is 5.56 Å². The molecule has 8 heteroatoms. The predicted molar refractivity (Wildman–Crippen MR) is 137 cm³/mol. The lowest BCUT2D eigenvalue weighted by Crippen LogP contribution is -2.40. The van der Waals surface area contributed by atoms with Gasteiger partial charge in [-0.1, -0.05) is 23.8 Å². The molecule has 0 unspecified atom stereocenters. The molecule has 7 nitrogen and oxygen atoms in total. The van der Waals surface area contributed by atoms with E-state index in [1.165, 1.54) is 4.88 Å². The van der Waals surface area contributed by atoms with E-state index in [-0.39, 0.29) is 24.9 Å². The van der Waals surface area contributed by atoms with Gasteiger partial charge in [0.1, 0.15) is 0 Å². The Morgan fingerprint density at radius 1 is 1.09 bits per heavy atom. The van der Waals surface area contributed by atoms with Gasteiger partial charge in [-0.25, -0.2) is 4.79 Å². The molecule has 0 aliphatic carbocycles. The standard InChI is InChI=1S/C27H27N3O4S/c1-17-10-18(2)25-20(11-17)13-21(26(31)29-25)15-30(27(32)28-8-7-22-4-3-9-35-22)14-19-5-6-23-24(12-19)34-16-33-23/h3-6,9-13H,7-8,14-16H2,1-2H3,(H,28,32)(H,29,31). The van der Waals surface area contributed by atoms with Crippen LogP contribution in [0.25, 0.3) is 10.9 Å². The van der Waals surface area contributed by atoms with Gasteiger partial charge in [-0.05, 0) is 72.5 Å². The van der Waals surface area contributed by atoms with Crippen LogP contribution in [0.4, 0.5) is 4.79 Å². The Hall–Kier alpha value is -3.78. The van der Waals surface area contributed by atoms with E-state index in [1.807, 2.05) is 61.7 Å². The van der Waals surface area contributed by atoms with Gasteiger partial charge >= 0.3 is 6.03 Å². The number of carbonyl (C=O) groups is 1. The van der Waals surface area contributed by atoms with E-state index in [1.54, 1.807) is 16.2 Å². The lowest BCUT2D eigenvalue weighted by atomic mass is 10.0. The minimum Gasteiger partial charge on any atom is -0.454 e. The summed E-state index contributed by atoms with van der Waals surface area (Å²) in [5.74, 6) is 1.35. The molecule has 0 radical (unpaired) electrons. The molecular formula is C27H27N3O4S. The molecule has 35 heavy (non-hydrogen) atoms. The minimum absolute atomic E-state index is 0.178. The van der Waals surface area contributed by atoms with Gasteiger partial charge in [-0.2, -0.15) is 0 Å². The van der Waals surface area contributed by atoms with Crippen LogP contribution in [-0.4, -0.2) is 29.3 Å². The van der Waals surface area contributed by atoms with Crippen molar-refractivity contribution in [1.29, 1.82) is 0 Å². The number of fused-ring (bicyclic) bond motifs is 2. The number of rotatable bonds is 7. The van der Waals surface area contributed by atoms with Crippen LogP contribution in [0.1, 0.15) is 27.1 Å². The number of ether oxygens (including phenoxy) is 2. The molecule has 2 aromatic heterocycles. The van der Waals surface area contributed by atoms with Crippen molar-refractivity contribution in [2.45, 2.75) is 33.4 Å². The number of pyridine rings is 1. The number of amides is 2. The summed E-state index contributed by atoms with van der Waals surface area (Å²) in [5, 5.41) is 6.00. The quantitative estimate of drug-likeness (QED) is 0.387. The van der Waals surface area contributed by atoms with E-state index >= 15 is 0 Å². The number of nitrogens with one attached hydrogen (secondary N) is 2. The van der Waals surface area contributed by atoms with Gasteiger partial charge in [0, 0.05) is 23.5 Å². The number of aryl methyl sites for hydroxylation is 2. The molecule has 1 aliphatic heterocycles. The van der Waals surface area contributed by atoms with Gasteiger partial charge in [0.15, 0.2) is 11.5 Å². The highest BCUT2D eigenvalue weighted by atomic mass is 32.1.